The van der Waals surface area contributed by atoms with E-state index in [1.54, 1.807) is 26.2 Å². The van der Waals surface area contributed by atoms with Crippen LogP contribution in [0.1, 0.15) is 32.8 Å². The molecule has 2 atom stereocenters. The molecule has 21 heavy (non-hydrogen) atoms. The molecule has 5 heteroatoms. The average molecular weight is 295 g/mol. The van der Waals surface area contributed by atoms with Gasteiger partial charge in [0.15, 0.2) is 6.10 Å². The molecule has 0 aliphatic rings. The maximum absolute atomic E-state index is 11.8. The van der Waals surface area contributed by atoms with E-state index in [0.717, 1.165) is 11.3 Å². The van der Waals surface area contributed by atoms with Crippen LogP contribution in [0, 0.1) is 0 Å². The molecule has 2 N–H and O–H groups in total. The van der Waals surface area contributed by atoms with Crippen LogP contribution < -0.4 is 15.2 Å². The lowest BCUT2D eigenvalue weighted by Gasteiger charge is -2.19. The van der Waals surface area contributed by atoms with Gasteiger partial charge in [-0.25, -0.2) is 4.79 Å². The van der Waals surface area contributed by atoms with Crippen molar-refractivity contribution in [3.63, 3.8) is 0 Å². The molecule has 1 rings (SSSR count). The van der Waals surface area contributed by atoms with Gasteiger partial charge in [0.1, 0.15) is 11.5 Å². The molecule has 0 saturated carbocycles. The van der Waals surface area contributed by atoms with Crippen LogP contribution in [-0.4, -0.2) is 31.8 Å². The Hall–Kier alpha value is -1.75. The average Bonchev–Trinajstić information content (AvgIpc) is 2.45. The first-order valence-electron chi connectivity index (χ1n) is 7.27. The summed E-state index contributed by atoms with van der Waals surface area (Å²) in [5.41, 5.74) is 6.79. The summed E-state index contributed by atoms with van der Waals surface area (Å²) < 4.78 is 16.1. The molecule has 118 valence electrons. The van der Waals surface area contributed by atoms with Crippen LogP contribution in [0.4, 0.5) is 0 Å². The van der Waals surface area contributed by atoms with Gasteiger partial charge >= 0.3 is 5.97 Å². The van der Waals surface area contributed by atoms with Crippen LogP contribution in [0.3, 0.4) is 0 Å². The zero-order chi connectivity index (χ0) is 15.8. The van der Waals surface area contributed by atoms with E-state index in [1.165, 1.54) is 0 Å². The van der Waals surface area contributed by atoms with Crippen molar-refractivity contribution in [1.29, 1.82) is 0 Å². The van der Waals surface area contributed by atoms with Gasteiger partial charge in [0.25, 0.3) is 0 Å². The first kappa shape index (κ1) is 17.3. The Morgan fingerprint density at radius 2 is 2.05 bits per heavy atom. The smallest absolute Gasteiger partial charge is 0.347 e. The molecule has 1 aromatic rings. The zero-order valence-electron chi connectivity index (χ0n) is 13.2. The van der Waals surface area contributed by atoms with Gasteiger partial charge in [0.2, 0.25) is 0 Å². The second-order valence-corrected chi connectivity index (χ2v) is 4.92. The van der Waals surface area contributed by atoms with Crippen molar-refractivity contribution >= 4 is 5.97 Å². The molecule has 2 unspecified atom stereocenters. The molecule has 1 aromatic carbocycles. The van der Waals surface area contributed by atoms with Crippen molar-refractivity contribution < 1.29 is 19.0 Å². The summed E-state index contributed by atoms with van der Waals surface area (Å²) in [5, 5.41) is 0. The number of methoxy groups -OCH3 is 1. The second-order valence-electron chi connectivity index (χ2n) is 4.92. The van der Waals surface area contributed by atoms with Crippen molar-refractivity contribution in [3.8, 4) is 11.5 Å². The Balaban J connectivity index is 2.96. The molecule has 0 aromatic heterocycles. The van der Waals surface area contributed by atoms with Crippen molar-refractivity contribution in [2.45, 2.75) is 45.8 Å². The van der Waals surface area contributed by atoms with Crippen LogP contribution >= 0.6 is 0 Å². The number of carbonyl (C=O) groups is 1. The fourth-order valence-electron chi connectivity index (χ4n) is 1.99. The number of carbonyl (C=O) groups excluding carboxylic acids is 1. The summed E-state index contributed by atoms with van der Waals surface area (Å²) in [4.78, 5) is 11.8. The monoisotopic (exact) mass is 295 g/mol. The molecule has 0 spiro atoms. The first-order valence-corrected chi connectivity index (χ1v) is 7.27. The summed E-state index contributed by atoms with van der Waals surface area (Å²) in [5.74, 6) is 1.04. The van der Waals surface area contributed by atoms with Crippen LogP contribution in [0.15, 0.2) is 18.2 Å². The van der Waals surface area contributed by atoms with Gasteiger partial charge in [-0.3, -0.25) is 0 Å². The second kappa shape index (κ2) is 8.52. The molecule has 0 heterocycles. The Morgan fingerprint density at radius 1 is 1.33 bits per heavy atom. The van der Waals surface area contributed by atoms with Crippen molar-refractivity contribution in [2.75, 3.05) is 13.7 Å². The highest BCUT2D eigenvalue weighted by molar-refractivity contribution is 5.75. The number of esters is 1. The number of hydrogen-bond donors (Lipinski definition) is 1. The highest BCUT2D eigenvalue weighted by Crippen LogP contribution is 2.27. The van der Waals surface area contributed by atoms with E-state index in [0.29, 0.717) is 25.2 Å². The van der Waals surface area contributed by atoms with E-state index >= 15 is 0 Å². The van der Waals surface area contributed by atoms with Gasteiger partial charge in [-0.2, -0.15) is 0 Å². The summed E-state index contributed by atoms with van der Waals surface area (Å²) >= 11 is 0. The molecule has 5 nitrogen and oxygen atoms in total. The Labute approximate surface area is 126 Å². The molecule has 0 saturated heterocycles. The first-order chi connectivity index (χ1) is 10.0. The maximum Gasteiger partial charge on any atom is 0.347 e. The summed E-state index contributed by atoms with van der Waals surface area (Å²) in [6.07, 6.45) is 0.582. The Kier molecular flexibility index (Phi) is 7.02. The van der Waals surface area contributed by atoms with Crippen molar-refractivity contribution in [2.24, 2.45) is 5.73 Å². The Bertz CT molecular complexity index is 460. The highest BCUT2D eigenvalue weighted by Gasteiger charge is 2.21. The normalized spacial score (nSPS) is 13.4. The van der Waals surface area contributed by atoms with Gasteiger partial charge in [-0.1, -0.05) is 6.92 Å². The van der Waals surface area contributed by atoms with Gasteiger partial charge in [0, 0.05) is 6.04 Å². The number of benzene rings is 1. The minimum Gasteiger partial charge on any atom is -0.497 e. The fourth-order valence-corrected chi connectivity index (χ4v) is 1.99. The van der Waals surface area contributed by atoms with Crippen molar-refractivity contribution in [3.05, 3.63) is 23.8 Å². The summed E-state index contributed by atoms with van der Waals surface area (Å²) in [7, 11) is 1.61. The van der Waals surface area contributed by atoms with E-state index in [1.807, 2.05) is 19.9 Å². The highest BCUT2D eigenvalue weighted by atomic mass is 16.6. The molecule has 0 bridgehead atoms. The number of nitrogens with two attached hydrogens (primary N) is 1. The maximum atomic E-state index is 11.8. The van der Waals surface area contributed by atoms with E-state index in [9.17, 15) is 4.79 Å². The molecule has 0 aliphatic carbocycles. The van der Waals surface area contributed by atoms with E-state index < -0.39 is 6.10 Å². The number of rotatable bonds is 8. The Morgan fingerprint density at radius 3 is 2.57 bits per heavy atom. The quantitative estimate of drug-likeness (QED) is 0.745. The molecule has 0 fully saturated rings. The van der Waals surface area contributed by atoms with E-state index in [-0.39, 0.29) is 12.0 Å². The minimum atomic E-state index is -0.606. The standard InChI is InChI=1S/C16H25NO4/c1-5-14(16(18)20-6-2)21-15-8-7-13(19-4)10-12(15)9-11(3)17/h7-8,10-11,14H,5-6,9,17H2,1-4H3. The van der Waals surface area contributed by atoms with Crippen LogP contribution in [0.2, 0.25) is 0 Å². The predicted molar refractivity (Wildman–Crippen MR) is 81.7 cm³/mol. The number of hydrogen-bond acceptors (Lipinski definition) is 5. The third kappa shape index (κ3) is 5.27. The predicted octanol–water partition coefficient (Wildman–Crippen LogP) is 2.31. The van der Waals surface area contributed by atoms with E-state index in [4.69, 9.17) is 19.9 Å². The van der Waals surface area contributed by atoms with Crippen LogP contribution in [0.5, 0.6) is 11.5 Å². The molecule has 0 amide bonds. The fraction of sp³-hybridized carbons (Fsp3) is 0.562. The molecular weight excluding hydrogens is 270 g/mol. The summed E-state index contributed by atoms with van der Waals surface area (Å²) in [6, 6.07) is 5.48. The minimum absolute atomic E-state index is 0.0119. The topological polar surface area (TPSA) is 70.8 Å². The van der Waals surface area contributed by atoms with E-state index in [2.05, 4.69) is 0 Å². The van der Waals surface area contributed by atoms with Gasteiger partial charge < -0.3 is 19.9 Å². The summed E-state index contributed by atoms with van der Waals surface area (Å²) in [6.45, 7) is 5.93. The third-order valence-electron chi connectivity index (χ3n) is 3.00. The largest absolute Gasteiger partial charge is 0.497 e. The van der Waals surface area contributed by atoms with Crippen LogP contribution in [0.25, 0.3) is 0 Å². The molecule has 0 aliphatic heterocycles. The SMILES string of the molecule is CCOC(=O)C(CC)Oc1ccc(OC)cc1CC(C)N. The van der Waals surface area contributed by atoms with Crippen molar-refractivity contribution in [1.82, 2.24) is 0 Å². The third-order valence-corrected chi connectivity index (χ3v) is 3.00. The lowest BCUT2D eigenvalue weighted by atomic mass is 10.1. The lowest BCUT2D eigenvalue weighted by Crippen LogP contribution is -2.29. The lowest BCUT2D eigenvalue weighted by molar-refractivity contribution is -0.151. The van der Waals surface area contributed by atoms with Gasteiger partial charge in [0.05, 0.1) is 13.7 Å². The van der Waals surface area contributed by atoms with Gasteiger partial charge in [-0.05, 0) is 50.5 Å². The van der Waals surface area contributed by atoms with Gasteiger partial charge in [-0.15, -0.1) is 0 Å². The number of ether oxygens (including phenoxy) is 3. The zero-order valence-corrected chi connectivity index (χ0v) is 13.2. The molecule has 0 radical (unpaired) electrons. The molecular formula is C16H25NO4. The van der Waals surface area contributed by atoms with Crippen LogP contribution in [-0.2, 0) is 16.0 Å².